The second-order valence-electron chi connectivity index (χ2n) is 9.08. The average Bonchev–Trinajstić information content (AvgIpc) is 3.34. The molecule has 3 nitrogen and oxygen atoms in total. The molecule has 0 aromatic heterocycles. The lowest BCUT2D eigenvalue weighted by molar-refractivity contribution is -0.153. The molecule has 0 amide bonds. The van der Waals surface area contributed by atoms with E-state index in [9.17, 15) is 36.2 Å². The van der Waals surface area contributed by atoms with Crippen LogP contribution in [-0.4, -0.2) is 51.0 Å². The highest BCUT2D eigenvalue weighted by Gasteiger charge is 2.78. The van der Waals surface area contributed by atoms with Crippen molar-refractivity contribution in [2.45, 2.75) is 92.7 Å². The van der Waals surface area contributed by atoms with Crippen molar-refractivity contribution in [2.24, 2.45) is 0 Å². The summed E-state index contributed by atoms with van der Waals surface area (Å²) >= 11 is 0. The number of alkyl halides is 6. The monoisotopic (exact) mass is 436 g/mol. The van der Waals surface area contributed by atoms with E-state index >= 15 is 0 Å². The Hall–Kier alpha value is -0.556. The van der Waals surface area contributed by atoms with Crippen LogP contribution < -0.4 is 0 Å². The second kappa shape index (κ2) is 6.22. The SMILES string of the molecule is CC(=O)OC(C(O)[Si](C)(C)C1(C(F)(F)F)CC1)[Si](C)(C)C1(C(F)(F)F)CC1. The van der Waals surface area contributed by atoms with Gasteiger partial charge in [-0.05, 0) is 25.7 Å². The first kappa shape index (κ1) is 22.7. The van der Waals surface area contributed by atoms with Gasteiger partial charge in [0.05, 0.1) is 15.8 Å². The number of halogens is 6. The fourth-order valence-corrected chi connectivity index (χ4v) is 14.5. The number of carbonyl (C=O) groups excluding carboxylic acids is 1. The minimum Gasteiger partial charge on any atom is -0.464 e. The maximum absolute atomic E-state index is 13.7. The van der Waals surface area contributed by atoms with Gasteiger partial charge in [-0.3, -0.25) is 4.79 Å². The third-order valence-corrected chi connectivity index (χ3v) is 17.6. The molecule has 2 saturated carbocycles. The van der Waals surface area contributed by atoms with E-state index in [2.05, 4.69) is 0 Å². The normalized spacial score (nSPS) is 24.1. The Morgan fingerprint density at radius 2 is 1.22 bits per heavy atom. The van der Waals surface area contributed by atoms with Crippen LogP contribution in [0.3, 0.4) is 0 Å². The zero-order valence-corrected chi connectivity index (χ0v) is 18.0. The third-order valence-electron chi connectivity index (χ3n) is 7.08. The van der Waals surface area contributed by atoms with Crippen molar-refractivity contribution in [3.63, 3.8) is 0 Å². The Morgan fingerprint density at radius 1 is 0.889 bits per heavy atom. The largest absolute Gasteiger partial charge is 0.464 e. The molecular weight excluding hydrogens is 410 g/mol. The molecule has 27 heavy (non-hydrogen) atoms. The molecule has 0 bridgehead atoms. The fraction of sp³-hybridized carbons (Fsp3) is 0.938. The summed E-state index contributed by atoms with van der Waals surface area (Å²) < 4.78 is 87.3. The Kier molecular flexibility index (Phi) is 5.24. The van der Waals surface area contributed by atoms with Gasteiger partial charge in [0, 0.05) is 6.92 Å². The molecule has 2 rings (SSSR count). The van der Waals surface area contributed by atoms with Crippen molar-refractivity contribution >= 4 is 22.1 Å². The first-order chi connectivity index (χ1) is 11.9. The minimum atomic E-state index is -4.55. The number of esters is 1. The smallest absolute Gasteiger partial charge is 0.392 e. The summed E-state index contributed by atoms with van der Waals surface area (Å²) in [5.74, 6) is -0.890. The van der Waals surface area contributed by atoms with E-state index in [1.807, 2.05) is 0 Å². The van der Waals surface area contributed by atoms with Crippen LogP contribution in [0.4, 0.5) is 26.3 Å². The van der Waals surface area contributed by atoms with Gasteiger partial charge in [-0.2, -0.15) is 26.3 Å². The Balaban J connectivity index is 2.47. The molecule has 2 aliphatic rings. The maximum atomic E-state index is 13.7. The highest BCUT2D eigenvalue weighted by molar-refractivity contribution is 6.88. The van der Waals surface area contributed by atoms with Crippen LogP contribution in [-0.2, 0) is 9.53 Å². The van der Waals surface area contributed by atoms with E-state index in [-0.39, 0.29) is 25.7 Å². The maximum Gasteiger partial charge on any atom is 0.392 e. The topological polar surface area (TPSA) is 46.5 Å². The van der Waals surface area contributed by atoms with Crippen LogP contribution in [0.2, 0.25) is 36.3 Å². The van der Waals surface area contributed by atoms with Gasteiger partial charge in [-0.15, -0.1) is 0 Å². The molecule has 0 spiro atoms. The molecule has 2 unspecified atom stereocenters. The highest BCUT2D eigenvalue weighted by atomic mass is 28.3. The first-order valence-electron chi connectivity index (χ1n) is 8.86. The number of hydrogen-bond acceptors (Lipinski definition) is 3. The molecular formula is C16H26F6O3Si2. The molecule has 0 aliphatic heterocycles. The average molecular weight is 437 g/mol. The number of ether oxygens (including phenoxy) is 1. The molecule has 2 fully saturated rings. The van der Waals surface area contributed by atoms with E-state index < -0.39 is 56.0 Å². The first-order valence-corrected chi connectivity index (χ1v) is 15.0. The summed E-state index contributed by atoms with van der Waals surface area (Å²) in [5.41, 5.74) is -3.24. The van der Waals surface area contributed by atoms with Gasteiger partial charge >= 0.3 is 18.3 Å². The number of hydrogen-bond donors (Lipinski definition) is 1. The summed E-state index contributed by atoms with van der Waals surface area (Å²) in [5, 5.41) is 6.88. The molecule has 1 N–H and O–H groups in total. The van der Waals surface area contributed by atoms with E-state index in [0.29, 0.717) is 0 Å². The molecule has 2 atom stereocenters. The van der Waals surface area contributed by atoms with E-state index in [1.54, 1.807) is 0 Å². The van der Waals surface area contributed by atoms with Gasteiger partial charge in [0.25, 0.3) is 0 Å². The summed E-state index contributed by atoms with van der Waals surface area (Å²) in [6.45, 7) is 6.41. The zero-order chi connectivity index (χ0) is 21.3. The molecule has 0 saturated heterocycles. The summed E-state index contributed by atoms with van der Waals surface area (Å²) in [4.78, 5) is 11.6. The van der Waals surface area contributed by atoms with Crippen LogP contribution in [0.5, 0.6) is 0 Å². The van der Waals surface area contributed by atoms with Crippen molar-refractivity contribution in [3.8, 4) is 0 Å². The van der Waals surface area contributed by atoms with Crippen LogP contribution in [0.1, 0.15) is 32.6 Å². The molecule has 11 heteroatoms. The van der Waals surface area contributed by atoms with E-state index in [1.165, 1.54) is 26.2 Å². The van der Waals surface area contributed by atoms with Crippen molar-refractivity contribution < 1.29 is 41.0 Å². The zero-order valence-electron chi connectivity index (χ0n) is 16.0. The van der Waals surface area contributed by atoms with Crippen molar-refractivity contribution in [1.29, 1.82) is 0 Å². The lowest BCUT2D eigenvalue weighted by Crippen LogP contribution is -2.66. The number of aliphatic hydroxyl groups is 1. The number of aliphatic hydroxyl groups excluding tert-OH is 1. The third kappa shape index (κ3) is 3.27. The Morgan fingerprint density at radius 3 is 1.48 bits per heavy atom. The molecule has 0 radical (unpaired) electrons. The van der Waals surface area contributed by atoms with Gasteiger partial charge in [0.15, 0.2) is 0 Å². The minimum absolute atomic E-state index is 0.146. The fourth-order valence-electron chi connectivity index (χ4n) is 4.56. The van der Waals surface area contributed by atoms with Crippen molar-refractivity contribution in [2.75, 3.05) is 0 Å². The standard InChI is InChI=1S/C16H26F6O3Si2/c1-10(23)25-12(27(4,5)14(8-9-14)16(20,21)22)11(24)26(2,3)13(6-7-13)15(17,18)19/h11-12,24H,6-9H2,1-5H3. The van der Waals surface area contributed by atoms with Crippen LogP contribution in [0, 0.1) is 0 Å². The van der Waals surface area contributed by atoms with Crippen molar-refractivity contribution in [1.82, 2.24) is 0 Å². The van der Waals surface area contributed by atoms with E-state index in [4.69, 9.17) is 4.74 Å². The van der Waals surface area contributed by atoms with Gasteiger partial charge in [0.1, 0.15) is 21.9 Å². The molecule has 0 aromatic carbocycles. The van der Waals surface area contributed by atoms with Gasteiger partial charge in [-0.25, -0.2) is 0 Å². The van der Waals surface area contributed by atoms with Crippen LogP contribution in [0.25, 0.3) is 0 Å². The predicted molar refractivity (Wildman–Crippen MR) is 92.5 cm³/mol. The lowest BCUT2D eigenvalue weighted by Gasteiger charge is -2.47. The van der Waals surface area contributed by atoms with Gasteiger partial charge in [0.2, 0.25) is 0 Å². The Labute approximate surface area is 156 Å². The molecule has 2 aliphatic carbocycles. The number of rotatable bonds is 6. The van der Waals surface area contributed by atoms with Crippen LogP contribution in [0.15, 0.2) is 0 Å². The molecule has 0 heterocycles. The number of carbonyl (C=O) groups is 1. The predicted octanol–water partition coefficient (Wildman–Crippen LogP) is 4.97. The molecule has 158 valence electrons. The van der Waals surface area contributed by atoms with Crippen molar-refractivity contribution in [3.05, 3.63) is 0 Å². The summed E-state index contributed by atoms with van der Waals surface area (Å²) in [7, 11) is -7.17. The quantitative estimate of drug-likeness (QED) is 0.363. The van der Waals surface area contributed by atoms with Gasteiger partial charge in [-0.1, -0.05) is 26.2 Å². The van der Waals surface area contributed by atoms with E-state index in [0.717, 1.165) is 6.92 Å². The highest BCUT2D eigenvalue weighted by Crippen LogP contribution is 2.73. The lowest BCUT2D eigenvalue weighted by atomic mass is 10.4. The Bertz CT molecular complexity index is 606. The summed E-state index contributed by atoms with van der Waals surface area (Å²) in [6.07, 6.45) is -9.68. The molecule has 0 aromatic rings. The van der Waals surface area contributed by atoms with Crippen LogP contribution >= 0.6 is 0 Å². The summed E-state index contributed by atoms with van der Waals surface area (Å²) in [6, 6.07) is 0. The van der Waals surface area contributed by atoms with Gasteiger partial charge < -0.3 is 9.84 Å². The second-order valence-corrected chi connectivity index (χ2v) is 19.0.